The van der Waals surface area contributed by atoms with Crippen molar-refractivity contribution in [1.82, 2.24) is 69.2 Å². The second kappa shape index (κ2) is 33.3. The summed E-state index contributed by atoms with van der Waals surface area (Å²) in [6, 6.07) is 7.17. The normalized spacial score (nSPS) is 12.4. The molecule has 0 bridgehead atoms. The number of aromatic amines is 2. The molecule has 0 unspecified atom stereocenters. The molecule has 0 atom stereocenters. The van der Waals surface area contributed by atoms with Crippen molar-refractivity contribution < 1.29 is 29.0 Å². The largest absolute Gasteiger partial charge is 0.466 e. The van der Waals surface area contributed by atoms with Crippen LogP contribution in [0.3, 0.4) is 0 Å². The van der Waals surface area contributed by atoms with Gasteiger partial charge in [0.15, 0.2) is 12.1 Å². The number of aliphatic hydroxyl groups is 1. The molecule has 0 saturated heterocycles. The Morgan fingerprint density at radius 1 is 0.671 bits per heavy atom. The zero-order chi connectivity index (χ0) is 62.5. The molecule has 454 valence electrons. The summed E-state index contributed by atoms with van der Waals surface area (Å²) >= 11 is 42.0. The fourth-order valence-corrected chi connectivity index (χ4v) is 9.11. The summed E-state index contributed by atoms with van der Waals surface area (Å²) in [7, 11) is 0. The Morgan fingerprint density at radius 2 is 1.15 bits per heavy atom. The van der Waals surface area contributed by atoms with Crippen molar-refractivity contribution in [3.63, 3.8) is 0 Å². The molecule has 11 N–H and O–H groups in total. The van der Waals surface area contributed by atoms with Crippen LogP contribution in [0, 0.1) is 0 Å². The van der Waals surface area contributed by atoms with Crippen molar-refractivity contribution in [2.24, 2.45) is 5.73 Å². The van der Waals surface area contributed by atoms with Crippen LogP contribution in [-0.2, 0) is 71.2 Å². The second-order valence-corrected chi connectivity index (χ2v) is 20.1. The predicted molar refractivity (Wildman–Crippen MR) is 329 cm³/mol. The van der Waals surface area contributed by atoms with Gasteiger partial charge < -0.3 is 42.7 Å². The van der Waals surface area contributed by atoms with Gasteiger partial charge in [0.1, 0.15) is 37.8 Å². The van der Waals surface area contributed by atoms with Gasteiger partial charge in [-0.2, -0.15) is 25.3 Å². The lowest BCUT2D eigenvalue weighted by Crippen LogP contribution is -2.27. The van der Waals surface area contributed by atoms with E-state index >= 15 is 0 Å². The quantitative estimate of drug-likeness (QED) is 0.0218. The lowest BCUT2D eigenvalue weighted by molar-refractivity contribution is -0.142. The third-order valence-corrected chi connectivity index (χ3v) is 13.7. The van der Waals surface area contributed by atoms with E-state index in [0.717, 1.165) is 37.1 Å². The Kier molecular flexibility index (Phi) is 26.8. The molecule has 8 aromatic rings. The van der Waals surface area contributed by atoms with Crippen molar-refractivity contribution in [3.8, 4) is 0 Å². The van der Waals surface area contributed by atoms with Gasteiger partial charge in [-0.1, -0.05) is 94.6 Å². The van der Waals surface area contributed by atoms with Gasteiger partial charge in [-0.3, -0.25) is 43.0 Å². The van der Waals surface area contributed by atoms with E-state index < -0.39 is 5.97 Å². The number of ether oxygens (including phenoxy) is 1. The number of esters is 1. The highest BCUT2D eigenvalue weighted by atomic mass is 35.5. The number of unbranched alkanes of at least 4 members (excludes halogenated alkanes) is 1. The summed E-state index contributed by atoms with van der Waals surface area (Å²) in [6.45, 7) is 13.3. The van der Waals surface area contributed by atoms with Crippen molar-refractivity contribution in [1.29, 1.82) is 0 Å². The van der Waals surface area contributed by atoms with Gasteiger partial charge >= 0.3 is 5.97 Å². The molecule has 2 amide bonds. The maximum atomic E-state index is 13.1. The Hall–Kier alpha value is -7.40. The Balaban J connectivity index is 0.000000202. The number of hydrogen-bond donors (Lipinski definition) is 7. The summed E-state index contributed by atoms with van der Waals surface area (Å²) in [5.74, 6) is -0.0757. The first-order valence-electron chi connectivity index (χ1n) is 25.9. The van der Waals surface area contributed by atoms with E-state index in [1.54, 1.807) is 70.2 Å². The number of anilines is 5. The molecule has 85 heavy (non-hydrogen) atoms. The highest BCUT2D eigenvalue weighted by Crippen LogP contribution is 2.41. The molecule has 0 aromatic carbocycles. The van der Waals surface area contributed by atoms with Crippen LogP contribution in [0.1, 0.15) is 97.4 Å². The summed E-state index contributed by atoms with van der Waals surface area (Å²) in [5, 5.41) is 23.0. The third-order valence-electron chi connectivity index (χ3n) is 11.6. The summed E-state index contributed by atoms with van der Waals surface area (Å²) < 4.78 is 9.92. The fourth-order valence-electron chi connectivity index (χ4n) is 7.42. The Morgan fingerprint density at radius 3 is 1.59 bits per heavy atom. The van der Waals surface area contributed by atoms with Crippen molar-refractivity contribution in [3.05, 3.63) is 136 Å². The lowest BCUT2D eigenvalue weighted by Gasteiger charge is -2.15. The van der Waals surface area contributed by atoms with Crippen LogP contribution in [0.15, 0.2) is 55.2 Å². The minimum absolute atomic E-state index is 0.0112. The number of aliphatic hydroxyl groups excluding tert-OH is 1. The van der Waals surface area contributed by atoms with Crippen molar-refractivity contribution >= 4 is 146 Å². The first-order chi connectivity index (χ1) is 40.6. The smallest absolute Gasteiger partial charge is 0.310 e. The maximum absolute atomic E-state index is 13.1. The number of hydrogen-bond acceptors (Lipinski definition) is 19. The number of aromatic nitrogens is 14. The number of halogens is 7. The maximum Gasteiger partial charge on any atom is 0.310 e. The van der Waals surface area contributed by atoms with Crippen LogP contribution in [0.2, 0.25) is 35.7 Å². The molecule has 2 aliphatic rings. The van der Waals surface area contributed by atoms with Crippen LogP contribution >= 0.6 is 81.2 Å². The molecular weight excluding hydrogens is 1250 g/mol. The van der Waals surface area contributed by atoms with E-state index in [9.17, 15) is 19.2 Å². The van der Waals surface area contributed by atoms with Gasteiger partial charge in [0.25, 0.3) is 5.91 Å². The average Bonchev–Trinajstić information content (AvgIpc) is 3.96. The second-order valence-electron chi connectivity index (χ2n) is 17.5. The van der Waals surface area contributed by atoms with Gasteiger partial charge in [0.05, 0.1) is 70.1 Å². The number of nitrogens with one attached hydrogen (secondary N) is 2. The molecular formula is C52H61Cl7N20O6. The molecule has 26 nitrogen and oxygen atoms in total. The lowest BCUT2D eigenvalue weighted by atomic mass is 10.1. The van der Waals surface area contributed by atoms with Crippen LogP contribution in [-0.4, -0.2) is 112 Å². The van der Waals surface area contributed by atoms with Gasteiger partial charge in [-0.25, -0.2) is 19.9 Å². The standard InChI is InChI=1S/C17H15Cl2N7O.C12H12Cl2N6O.C8H9Cl2N3O2.C6H10ClN3.C5H5NO.C4H10O/c1-2-25-7-11(18)12(24-25)8-26-15-13(14(19)22-17(20)23-15)10(16(26)27)6-9-4-3-5-21-9;1-2-19-4-7(13)8(18-19)5-20-9(21)3-6-10(14)16-12(15)17-11(6)20;1-2-15-5(14)3-4-6(9)12-8(11)13-7(4)10;1-2-10-4-5(7)6(3-8)9-10;7-4-5-2-1-3-6-5;1-2-3-4-5/h3-7,21H,2,8H2,1H3,(H2,20,22,23);4H,2-3,5H2,1H3,(H2,15,16,17);2-3H2,1H3,(H2,11,12,13);4H,2-3,8H2,1H3;1-4,6H;5H,2-4H2,1H3/b10-6-;;;;;. The number of nitrogens with zero attached hydrogens (tertiary/aromatic N) is 14. The molecule has 0 saturated carbocycles. The Bertz CT molecular complexity index is 3530. The van der Waals surface area contributed by atoms with E-state index in [2.05, 4.69) is 62.1 Å². The molecule has 2 aliphatic heterocycles. The van der Waals surface area contributed by atoms with E-state index in [1.165, 1.54) is 9.80 Å². The number of nitrogen functional groups attached to an aromatic ring is 3. The number of H-pyrrole nitrogens is 2. The number of rotatable bonds is 15. The monoisotopic (exact) mass is 1310 g/mol. The molecule has 0 spiro atoms. The molecule has 10 heterocycles. The van der Waals surface area contributed by atoms with E-state index in [1.807, 2.05) is 32.9 Å². The summed E-state index contributed by atoms with van der Waals surface area (Å²) in [6.07, 6.45) is 13.3. The number of fused-ring (bicyclic) bond motifs is 2. The first-order valence-corrected chi connectivity index (χ1v) is 28.6. The SMILES string of the molecule is CCCCO.CCOC(=O)Cc1c(Cl)nc(N)nc1Cl.CCn1cc(Cl)c(CN)n1.CCn1cc(Cl)c(CN2C(=O)/C(=C\c3ccc[nH]3)c3c(Cl)nc(N)nc32)n1.CCn1cc(Cl)c(CN2C(=O)Cc3c(Cl)nc(N)nc32)n1.O=Cc1ccc[nH]1. The van der Waals surface area contributed by atoms with Crippen LogP contribution in [0.4, 0.5) is 29.5 Å². The third kappa shape index (κ3) is 19.0. The number of aldehydes is 1. The number of nitrogens with two attached hydrogens (primary N) is 4. The molecule has 0 radical (unpaired) electrons. The molecule has 0 fully saturated rings. The van der Waals surface area contributed by atoms with Crippen LogP contribution in [0.25, 0.3) is 11.6 Å². The van der Waals surface area contributed by atoms with E-state index in [4.69, 9.17) is 114 Å². The number of carbonyl (C=O) groups excluding carboxylic acids is 4. The fraction of sp³-hybridized carbons (Fsp3) is 0.327. The number of amides is 2. The van der Waals surface area contributed by atoms with Gasteiger partial charge in [0, 0.05) is 80.6 Å². The number of carbonyl (C=O) groups is 4. The van der Waals surface area contributed by atoms with Crippen molar-refractivity contribution in [2.45, 2.75) is 99.6 Å². The molecule has 33 heteroatoms. The number of aryl methyl sites for hydroxylation is 3. The highest BCUT2D eigenvalue weighted by Gasteiger charge is 2.38. The molecule has 8 aromatic heterocycles. The zero-order valence-corrected chi connectivity index (χ0v) is 51.8. The predicted octanol–water partition coefficient (Wildman–Crippen LogP) is 8.76. The van der Waals surface area contributed by atoms with Gasteiger partial charge in [0.2, 0.25) is 23.8 Å². The molecule has 10 rings (SSSR count). The van der Waals surface area contributed by atoms with E-state index in [0.29, 0.717) is 98.9 Å². The Labute approximate surface area is 523 Å². The van der Waals surface area contributed by atoms with E-state index in [-0.39, 0.29) is 76.2 Å². The van der Waals surface area contributed by atoms with Gasteiger partial charge in [-0.05, 0) is 64.5 Å². The minimum atomic E-state index is -0.435. The topological polar surface area (TPSA) is 371 Å². The summed E-state index contributed by atoms with van der Waals surface area (Å²) in [4.78, 5) is 78.6. The zero-order valence-electron chi connectivity index (χ0n) is 46.5. The van der Waals surface area contributed by atoms with Crippen LogP contribution < -0.4 is 32.7 Å². The minimum Gasteiger partial charge on any atom is -0.466 e. The van der Waals surface area contributed by atoms with Crippen LogP contribution in [0.5, 0.6) is 0 Å². The van der Waals surface area contributed by atoms with Gasteiger partial charge in [-0.15, -0.1) is 0 Å². The summed E-state index contributed by atoms with van der Waals surface area (Å²) in [5.41, 5.74) is 27.1. The molecule has 0 aliphatic carbocycles. The first kappa shape index (κ1) is 68.4. The highest BCUT2D eigenvalue weighted by molar-refractivity contribution is 6.41. The van der Waals surface area contributed by atoms with Crippen molar-refractivity contribution in [2.75, 3.05) is 40.2 Å². The average molecular weight is 1310 g/mol.